The topological polar surface area (TPSA) is 78.0 Å². The Morgan fingerprint density at radius 3 is 2.76 bits per heavy atom. The third-order valence-corrected chi connectivity index (χ3v) is 5.77. The number of hydrogen-bond donors (Lipinski definition) is 1. The molecule has 0 spiro atoms. The Hall–Kier alpha value is -1.41. The van der Waals surface area contributed by atoms with E-state index in [4.69, 9.17) is 5.73 Å². The zero-order valence-corrected chi connectivity index (χ0v) is 13.4. The average molecular weight is 374 g/mol. The zero-order valence-electron chi connectivity index (χ0n) is 11.0. The van der Waals surface area contributed by atoms with Gasteiger partial charge in [0.25, 0.3) is 0 Å². The lowest BCUT2D eigenvalue weighted by Crippen LogP contribution is -2.14. The molecule has 2 heterocycles. The van der Waals surface area contributed by atoms with E-state index in [1.165, 1.54) is 10.7 Å². The first-order valence-corrected chi connectivity index (χ1v) is 8.98. The Morgan fingerprint density at radius 1 is 1.38 bits per heavy atom. The molecule has 0 radical (unpaired) electrons. The van der Waals surface area contributed by atoms with Crippen LogP contribution in [-0.4, -0.2) is 29.7 Å². The molecule has 2 N–H and O–H groups in total. The van der Waals surface area contributed by atoms with Crippen LogP contribution in [0.2, 0.25) is 0 Å². The fourth-order valence-electron chi connectivity index (χ4n) is 2.50. The Bertz CT molecular complexity index is 804. The quantitative estimate of drug-likeness (QED) is 0.876. The first-order chi connectivity index (χ1) is 9.85. The average Bonchev–Trinajstić information content (AvgIpc) is 2.92. The van der Waals surface area contributed by atoms with Crippen LogP contribution in [-0.2, 0) is 9.84 Å². The predicted octanol–water partition coefficient (Wildman–Crippen LogP) is 2.39. The van der Waals surface area contributed by atoms with Gasteiger partial charge in [0.05, 0.1) is 23.2 Å². The third-order valence-electron chi connectivity index (χ3n) is 3.53. The summed E-state index contributed by atoms with van der Waals surface area (Å²) in [5.74, 6) is 0.0996. The van der Waals surface area contributed by atoms with Crippen LogP contribution in [0.15, 0.2) is 28.7 Å². The van der Waals surface area contributed by atoms with Crippen molar-refractivity contribution in [2.24, 2.45) is 0 Å². The predicted molar refractivity (Wildman–Crippen MR) is 82.0 cm³/mol. The second-order valence-electron chi connectivity index (χ2n) is 5.08. The van der Waals surface area contributed by atoms with Gasteiger partial charge < -0.3 is 5.73 Å². The molecule has 1 atom stereocenters. The molecule has 1 unspecified atom stereocenters. The zero-order chi connectivity index (χ0) is 15.2. The van der Waals surface area contributed by atoms with Crippen molar-refractivity contribution in [3.05, 3.63) is 34.6 Å². The molecule has 0 aliphatic carbocycles. The minimum absolute atomic E-state index is 0.0289. The molecule has 3 rings (SSSR count). The second kappa shape index (κ2) is 5.10. The van der Waals surface area contributed by atoms with Gasteiger partial charge in [0, 0.05) is 16.1 Å². The summed E-state index contributed by atoms with van der Waals surface area (Å²) in [6, 6.07) is 5.97. The van der Waals surface area contributed by atoms with Crippen LogP contribution in [0.25, 0.3) is 11.3 Å². The molecule has 2 aromatic rings. The summed E-state index contributed by atoms with van der Waals surface area (Å²) in [6.45, 7) is 0. The summed E-state index contributed by atoms with van der Waals surface area (Å²) in [5, 5.41) is 4.29. The fourth-order valence-corrected chi connectivity index (χ4v) is 4.52. The molecule has 112 valence electrons. The van der Waals surface area contributed by atoms with Gasteiger partial charge in [0.2, 0.25) is 0 Å². The maximum atomic E-state index is 14.0. The smallest absolute Gasteiger partial charge is 0.152 e. The fraction of sp³-hybridized carbons (Fsp3) is 0.308. The molecule has 5 nitrogen and oxygen atoms in total. The molecule has 1 saturated heterocycles. The molecule has 1 aromatic carbocycles. The number of halogens is 2. The lowest BCUT2D eigenvalue weighted by molar-refractivity contribution is 0.507. The van der Waals surface area contributed by atoms with Gasteiger partial charge in [-0.3, -0.25) is 0 Å². The Balaban J connectivity index is 1.98. The van der Waals surface area contributed by atoms with E-state index in [1.54, 1.807) is 18.2 Å². The van der Waals surface area contributed by atoms with Gasteiger partial charge in [-0.25, -0.2) is 17.5 Å². The van der Waals surface area contributed by atoms with Crippen LogP contribution in [0.5, 0.6) is 0 Å². The summed E-state index contributed by atoms with van der Waals surface area (Å²) in [6.07, 6.45) is 0.483. The molecule has 0 bridgehead atoms. The van der Waals surface area contributed by atoms with Crippen molar-refractivity contribution < 1.29 is 12.8 Å². The molecule has 1 aromatic heterocycles. The largest absolute Gasteiger partial charge is 0.384 e. The minimum Gasteiger partial charge on any atom is -0.384 e. The van der Waals surface area contributed by atoms with Crippen molar-refractivity contribution in [1.82, 2.24) is 9.78 Å². The van der Waals surface area contributed by atoms with Crippen molar-refractivity contribution in [3.8, 4) is 11.3 Å². The van der Waals surface area contributed by atoms with Gasteiger partial charge in [0.15, 0.2) is 9.84 Å². The van der Waals surface area contributed by atoms with Crippen LogP contribution < -0.4 is 5.73 Å². The van der Waals surface area contributed by atoms with Gasteiger partial charge in [0.1, 0.15) is 11.6 Å². The minimum atomic E-state index is -3.03. The maximum absolute atomic E-state index is 14.0. The van der Waals surface area contributed by atoms with E-state index in [-0.39, 0.29) is 17.5 Å². The SMILES string of the molecule is Nc1cc(-c2ccc(Br)cc2F)nn1C1CCS(=O)(=O)C1. The first-order valence-electron chi connectivity index (χ1n) is 6.36. The highest BCUT2D eigenvalue weighted by Crippen LogP contribution is 2.30. The summed E-state index contributed by atoms with van der Waals surface area (Å²) < 4.78 is 39.2. The monoisotopic (exact) mass is 373 g/mol. The van der Waals surface area contributed by atoms with Gasteiger partial charge in [-0.15, -0.1) is 0 Å². The van der Waals surface area contributed by atoms with E-state index in [9.17, 15) is 12.8 Å². The Labute approximate surface area is 130 Å². The molecule has 8 heteroatoms. The van der Waals surface area contributed by atoms with Crippen molar-refractivity contribution in [3.63, 3.8) is 0 Å². The maximum Gasteiger partial charge on any atom is 0.152 e. The molecule has 1 aliphatic heterocycles. The van der Waals surface area contributed by atoms with Gasteiger partial charge in [-0.1, -0.05) is 15.9 Å². The van der Waals surface area contributed by atoms with Crippen molar-refractivity contribution in [1.29, 1.82) is 0 Å². The van der Waals surface area contributed by atoms with Crippen LogP contribution in [0.4, 0.5) is 10.2 Å². The molecular formula is C13H13BrFN3O2S. The number of anilines is 1. The van der Waals surface area contributed by atoms with Crippen LogP contribution >= 0.6 is 15.9 Å². The Kier molecular flexibility index (Phi) is 3.53. The van der Waals surface area contributed by atoms with Gasteiger partial charge >= 0.3 is 0 Å². The second-order valence-corrected chi connectivity index (χ2v) is 8.22. The number of sulfone groups is 1. The van der Waals surface area contributed by atoms with Crippen molar-refractivity contribution in [2.75, 3.05) is 17.2 Å². The summed E-state index contributed by atoms with van der Waals surface area (Å²) in [5.41, 5.74) is 6.64. The number of nitrogen functional groups attached to an aromatic ring is 1. The number of nitrogens with zero attached hydrogens (tertiary/aromatic N) is 2. The van der Waals surface area contributed by atoms with Crippen LogP contribution in [0.3, 0.4) is 0 Å². The van der Waals surface area contributed by atoms with E-state index in [1.807, 2.05) is 0 Å². The van der Waals surface area contributed by atoms with Gasteiger partial charge in [-0.05, 0) is 24.6 Å². The normalized spacial score (nSPS) is 20.8. The molecule has 1 aliphatic rings. The van der Waals surface area contributed by atoms with E-state index in [2.05, 4.69) is 21.0 Å². The summed E-state index contributed by atoms with van der Waals surface area (Å²) in [4.78, 5) is 0. The lowest BCUT2D eigenvalue weighted by Gasteiger charge is -2.10. The summed E-state index contributed by atoms with van der Waals surface area (Å²) in [7, 11) is -3.03. The van der Waals surface area contributed by atoms with E-state index in [0.717, 1.165) is 0 Å². The number of hydrogen-bond acceptors (Lipinski definition) is 4. The summed E-state index contributed by atoms with van der Waals surface area (Å²) >= 11 is 3.20. The highest BCUT2D eigenvalue weighted by atomic mass is 79.9. The number of nitrogens with two attached hydrogens (primary N) is 1. The standard InChI is InChI=1S/C13H13BrFN3O2S/c14-8-1-2-10(11(15)5-8)12-6-13(16)18(17-12)9-3-4-21(19,20)7-9/h1-2,5-6,9H,3-4,7,16H2. The Morgan fingerprint density at radius 2 is 2.14 bits per heavy atom. The van der Waals surface area contributed by atoms with Crippen LogP contribution in [0, 0.1) is 5.82 Å². The van der Waals surface area contributed by atoms with Gasteiger partial charge in [-0.2, -0.15) is 5.10 Å². The molecule has 1 fully saturated rings. The first kappa shape index (κ1) is 14.5. The molecule has 0 amide bonds. The molecular weight excluding hydrogens is 361 g/mol. The van der Waals surface area contributed by atoms with E-state index >= 15 is 0 Å². The molecule has 0 saturated carbocycles. The van der Waals surface area contributed by atoms with Crippen molar-refractivity contribution >= 4 is 31.6 Å². The highest BCUT2D eigenvalue weighted by Gasteiger charge is 2.31. The number of aromatic nitrogens is 2. The van der Waals surface area contributed by atoms with E-state index < -0.39 is 15.7 Å². The highest BCUT2D eigenvalue weighted by molar-refractivity contribution is 9.10. The number of benzene rings is 1. The third kappa shape index (κ3) is 2.82. The van der Waals surface area contributed by atoms with Crippen LogP contribution in [0.1, 0.15) is 12.5 Å². The van der Waals surface area contributed by atoms with E-state index in [0.29, 0.717) is 28.0 Å². The number of rotatable bonds is 2. The molecule has 21 heavy (non-hydrogen) atoms. The lowest BCUT2D eigenvalue weighted by atomic mass is 10.1. The van der Waals surface area contributed by atoms with Crippen molar-refractivity contribution in [2.45, 2.75) is 12.5 Å².